The Balaban J connectivity index is 0. The van der Waals surface area contributed by atoms with Crippen LogP contribution < -0.4 is 5.34 Å². The van der Waals surface area contributed by atoms with Crippen LogP contribution in [0.1, 0.15) is 79.1 Å². The van der Waals surface area contributed by atoms with Crippen LogP contribution in [0.3, 0.4) is 0 Å². The van der Waals surface area contributed by atoms with Crippen LogP contribution in [0.15, 0.2) is 23.3 Å². The van der Waals surface area contributed by atoms with Crippen molar-refractivity contribution >= 4 is 17.9 Å². The van der Waals surface area contributed by atoms with Crippen LogP contribution in [0.4, 0.5) is 0 Å². The van der Waals surface area contributed by atoms with E-state index in [1.807, 2.05) is 6.92 Å². The van der Waals surface area contributed by atoms with Gasteiger partial charge in [-0.05, 0) is 26.7 Å². The van der Waals surface area contributed by atoms with Gasteiger partial charge in [0.1, 0.15) is 0 Å². The van der Waals surface area contributed by atoms with Crippen molar-refractivity contribution in [3.63, 3.8) is 0 Å². The van der Waals surface area contributed by atoms with Gasteiger partial charge in [0, 0.05) is 16.5 Å². The summed E-state index contributed by atoms with van der Waals surface area (Å²) in [6.07, 6.45) is 11.3. The second kappa shape index (κ2) is 18.8. The van der Waals surface area contributed by atoms with Gasteiger partial charge < -0.3 is 9.47 Å². The zero-order valence-corrected chi connectivity index (χ0v) is 18.2. The molecule has 0 aromatic heterocycles. The predicted molar refractivity (Wildman–Crippen MR) is 110 cm³/mol. The molecule has 0 spiro atoms. The molecule has 0 saturated carbocycles. The lowest BCUT2D eigenvalue weighted by molar-refractivity contribution is -0.398. The van der Waals surface area contributed by atoms with Crippen molar-refractivity contribution in [1.82, 2.24) is 0 Å². The summed E-state index contributed by atoms with van der Waals surface area (Å²) in [6.45, 7) is 7.24. The van der Waals surface area contributed by atoms with Crippen molar-refractivity contribution in [2.24, 2.45) is 5.92 Å². The van der Waals surface area contributed by atoms with Crippen LogP contribution in [0.25, 0.3) is 0 Å². The second-order valence-electron chi connectivity index (χ2n) is 6.64. The SMILES string of the molecule is CCCCCCCCC(CC)C(=O)OC(=O)C(C)=CC=C(C)C(=O)OC.O=[NH+][O-]. The van der Waals surface area contributed by atoms with E-state index in [4.69, 9.17) is 14.9 Å². The Labute approximate surface area is 173 Å². The maximum atomic E-state index is 12.2. The Morgan fingerprint density at radius 3 is 1.90 bits per heavy atom. The number of nitrogens with one attached hydrogen (secondary N) is 1. The molecule has 0 aromatic carbocycles. The molecule has 29 heavy (non-hydrogen) atoms. The van der Waals surface area contributed by atoms with E-state index in [2.05, 4.69) is 11.7 Å². The zero-order valence-electron chi connectivity index (χ0n) is 18.2. The summed E-state index contributed by atoms with van der Waals surface area (Å²) < 4.78 is 9.57. The van der Waals surface area contributed by atoms with Gasteiger partial charge in [-0.15, -0.1) is 0 Å². The molecule has 0 saturated heterocycles. The number of unbranched alkanes of at least 4 members (excludes halogenated alkanes) is 5. The minimum atomic E-state index is -0.676. The number of methoxy groups -OCH3 is 1. The first-order valence-corrected chi connectivity index (χ1v) is 9.97. The van der Waals surface area contributed by atoms with Gasteiger partial charge in [0.25, 0.3) is 0 Å². The molecule has 1 atom stereocenters. The number of hydrogen-bond donors (Lipinski definition) is 1. The molecule has 0 aromatic rings. The van der Waals surface area contributed by atoms with E-state index in [1.165, 1.54) is 44.9 Å². The standard InChI is InChI=1S/C21H34O5.HNO2/c1-6-8-9-10-11-12-13-18(7-2)21(24)26-20(23)17(4)15-14-16(3)19(22)25-5;2-1-3/h14-15,18H,6-13H2,1-5H3;1H. The molecule has 1 N–H and O–H groups in total. The summed E-state index contributed by atoms with van der Waals surface area (Å²) in [5, 5.41) is 8.38. The van der Waals surface area contributed by atoms with Gasteiger partial charge in [-0.3, -0.25) is 14.9 Å². The number of carbonyl (C=O) groups excluding carboxylic acids is 3. The molecule has 0 aliphatic heterocycles. The average Bonchev–Trinajstić information content (AvgIpc) is 2.70. The van der Waals surface area contributed by atoms with Gasteiger partial charge in [0.15, 0.2) is 0 Å². The molecule has 0 bridgehead atoms. The minimum absolute atomic E-state index is 0.245. The third-order valence-corrected chi connectivity index (χ3v) is 4.34. The second-order valence-corrected chi connectivity index (χ2v) is 6.64. The number of ether oxygens (including phenoxy) is 2. The number of rotatable bonds is 12. The summed E-state index contributed by atoms with van der Waals surface area (Å²) in [7, 11) is 1.29. The maximum absolute atomic E-state index is 12.2. The third kappa shape index (κ3) is 15.1. The fraction of sp³-hybridized carbons (Fsp3) is 0.667. The highest BCUT2D eigenvalue weighted by Gasteiger charge is 2.21. The topological polar surface area (TPSA) is 124 Å². The fourth-order valence-electron chi connectivity index (χ4n) is 2.46. The monoisotopic (exact) mass is 413 g/mol. The molecule has 166 valence electrons. The first kappa shape index (κ1) is 28.7. The van der Waals surface area contributed by atoms with Crippen molar-refractivity contribution in [2.45, 2.75) is 79.1 Å². The number of esters is 3. The average molecular weight is 414 g/mol. The molecular formula is C21H35NO7. The van der Waals surface area contributed by atoms with Gasteiger partial charge in [-0.25, -0.2) is 9.59 Å². The Kier molecular flexibility index (Phi) is 18.6. The van der Waals surface area contributed by atoms with Crippen LogP contribution in [0, 0.1) is 16.0 Å². The highest BCUT2D eigenvalue weighted by Crippen LogP contribution is 2.17. The highest BCUT2D eigenvalue weighted by molar-refractivity contribution is 5.97. The molecule has 0 heterocycles. The molecule has 8 heteroatoms. The summed E-state index contributed by atoms with van der Waals surface area (Å²) in [4.78, 5) is 43.6. The Hall–Kier alpha value is -2.51. The molecular weight excluding hydrogens is 378 g/mol. The smallest absolute Gasteiger partial charge is 0.341 e. The van der Waals surface area contributed by atoms with E-state index in [1.54, 1.807) is 13.8 Å². The largest absolute Gasteiger partial charge is 0.466 e. The lowest BCUT2D eigenvalue weighted by atomic mass is 9.98. The highest BCUT2D eigenvalue weighted by atomic mass is 16.6. The van der Waals surface area contributed by atoms with Crippen LogP contribution in [0.5, 0.6) is 0 Å². The Morgan fingerprint density at radius 1 is 0.931 bits per heavy atom. The summed E-state index contributed by atoms with van der Waals surface area (Å²) in [5.41, 5.74) is 0.622. The molecule has 1 unspecified atom stereocenters. The third-order valence-electron chi connectivity index (χ3n) is 4.34. The minimum Gasteiger partial charge on any atom is -0.466 e. The molecule has 0 amide bonds. The quantitative estimate of drug-likeness (QED) is 0.0990. The van der Waals surface area contributed by atoms with Crippen molar-refractivity contribution in [1.29, 1.82) is 0 Å². The Morgan fingerprint density at radius 2 is 1.41 bits per heavy atom. The van der Waals surface area contributed by atoms with Crippen molar-refractivity contribution < 1.29 is 29.2 Å². The molecule has 0 fully saturated rings. The molecule has 0 rings (SSSR count). The van der Waals surface area contributed by atoms with Crippen LogP contribution in [-0.2, 0) is 23.9 Å². The van der Waals surface area contributed by atoms with Crippen LogP contribution >= 0.6 is 0 Å². The molecule has 0 radical (unpaired) electrons. The van der Waals surface area contributed by atoms with E-state index in [0.29, 0.717) is 12.0 Å². The van der Waals surface area contributed by atoms with E-state index >= 15 is 0 Å². The van der Waals surface area contributed by atoms with Gasteiger partial charge in [-0.1, -0.05) is 64.5 Å². The molecule has 0 aliphatic rings. The molecule has 0 aliphatic carbocycles. The summed E-state index contributed by atoms with van der Waals surface area (Å²) >= 11 is 0. The first-order valence-electron chi connectivity index (χ1n) is 9.97. The van der Waals surface area contributed by atoms with Gasteiger partial charge in [0.2, 0.25) is 0 Å². The van der Waals surface area contributed by atoms with E-state index < -0.39 is 17.9 Å². The lowest BCUT2D eigenvalue weighted by Crippen LogP contribution is -2.53. The number of hydrogen-bond acceptors (Lipinski definition) is 7. The van der Waals surface area contributed by atoms with Crippen molar-refractivity contribution in [3.05, 3.63) is 33.4 Å². The zero-order chi connectivity index (χ0) is 22.7. The van der Waals surface area contributed by atoms with Crippen molar-refractivity contribution in [3.8, 4) is 0 Å². The van der Waals surface area contributed by atoms with Gasteiger partial charge in [-0.2, -0.15) is 0 Å². The summed E-state index contributed by atoms with van der Waals surface area (Å²) in [6, 6.07) is 0. The predicted octanol–water partition coefficient (Wildman–Crippen LogP) is 3.23. The van der Waals surface area contributed by atoms with E-state index in [0.717, 1.165) is 19.3 Å². The number of allylic oxidation sites excluding steroid dienone is 2. The van der Waals surface area contributed by atoms with Crippen LogP contribution in [0.2, 0.25) is 0 Å². The fourth-order valence-corrected chi connectivity index (χ4v) is 2.46. The normalized spacial score (nSPS) is 12.3. The number of carbonyl (C=O) groups is 3. The van der Waals surface area contributed by atoms with Crippen molar-refractivity contribution in [2.75, 3.05) is 7.11 Å². The van der Waals surface area contributed by atoms with E-state index in [9.17, 15) is 14.4 Å². The van der Waals surface area contributed by atoms with Crippen LogP contribution in [-0.4, -0.2) is 25.0 Å². The maximum Gasteiger partial charge on any atom is 0.341 e. The Bertz CT molecular complexity index is 567. The van der Waals surface area contributed by atoms with E-state index in [-0.39, 0.29) is 16.8 Å². The first-order chi connectivity index (χ1) is 13.8. The summed E-state index contributed by atoms with van der Waals surface area (Å²) in [5.74, 6) is -1.86. The van der Waals surface area contributed by atoms with Gasteiger partial charge >= 0.3 is 17.9 Å². The van der Waals surface area contributed by atoms with Gasteiger partial charge in [0.05, 0.1) is 13.0 Å². The molecule has 8 nitrogen and oxygen atoms in total. The lowest BCUT2D eigenvalue weighted by Gasteiger charge is -2.13.